The Bertz CT molecular complexity index is 500. The first-order valence-electron chi connectivity index (χ1n) is 5.84. The van der Waals surface area contributed by atoms with Crippen LogP contribution < -0.4 is 0 Å². The van der Waals surface area contributed by atoms with Crippen molar-refractivity contribution in [2.75, 3.05) is 0 Å². The molecular weight excluding hydrogens is 222 g/mol. The lowest BCUT2D eigenvalue weighted by molar-refractivity contribution is 0.442. The number of hydrogen-bond donors (Lipinski definition) is 0. The Morgan fingerprint density at radius 2 is 2.06 bits per heavy atom. The molecule has 3 rings (SSSR count). The van der Waals surface area contributed by atoms with Gasteiger partial charge < -0.3 is 0 Å². The molecule has 0 radical (unpaired) electrons. The summed E-state index contributed by atoms with van der Waals surface area (Å²) in [4.78, 5) is 4.26. The second kappa shape index (κ2) is 4.06. The number of nitrogens with zero attached hydrogens (tertiary/aromatic N) is 3. The molecule has 0 aromatic carbocycles. The monoisotopic (exact) mass is 235 g/mol. The molecule has 0 atom stereocenters. The van der Waals surface area contributed by atoms with Crippen molar-refractivity contribution in [3.8, 4) is 0 Å². The van der Waals surface area contributed by atoms with Gasteiger partial charge in [0.1, 0.15) is 0 Å². The molecule has 0 amide bonds. The van der Waals surface area contributed by atoms with E-state index in [4.69, 9.17) is 11.6 Å². The van der Waals surface area contributed by atoms with E-state index in [9.17, 15) is 0 Å². The highest BCUT2D eigenvalue weighted by Crippen LogP contribution is 2.35. The van der Waals surface area contributed by atoms with Crippen molar-refractivity contribution in [2.45, 2.75) is 38.0 Å². The maximum Gasteiger partial charge on any atom is 0.153 e. The summed E-state index contributed by atoms with van der Waals surface area (Å²) in [6.45, 7) is 0. The van der Waals surface area contributed by atoms with Gasteiger partial charge in [-0.15, -0.1) is 0 Å². The van der Waals surface area contributed by atoms with E-state index in [1.165, 1.54) is 37.7 Å². The summed E-state index contributed by atoms with van der Waals surface area (Å²) in [6, 6.07) is 2.09. The molecule has 1 saturated carbocycles. The van der Waals surface area contributed by atoms with Gasteiger partial charge in [-0.05, 0) is 30.4 Å². The van der Waals surface area contributed by atoms with E-state index in [1.807, 2.05) is 6.20 Å². The molecule has 16 heavy (non-hydrogen) atoms. The number of aromatic nitrogens is 3. The normalized spacial score (nSPS) is 18.1. The second-order valence-electron chi connectivity index (χ2n) is 4.46. The van der Waals surface area contributed by atoms with Crippen LogP contribution in [0.15, 0.2) is 18.5 Å². The van der Waals surface area contributed by atoms with E-state index in [1.54, 1.807) is 10.7 Å². The number of hydrogen-bond acceptors (Lipinski definition) is 2. The van der Waals surface area contributed by atoms with Crippen molar-refractivity contribution in [3.05, 3.63) is 29.2 Å². The molecule has 0 saturated heterocycles. The molecule has 84 valence electrons. The predicted octanol–water partition coefficient (Wildman–Crippen LogP) is 3.43. The van der Waals surface area contributed by atoms with E-state index in [-0.39, 0.29) is 0 Å². The Morgan fingerprint density at radius 1 is 1.25 bits per heavy atom. The van der Waals surface area contributed by atoms with E-state index in [0.717, 1.165) is 5.65 Å². The van der Waals surface area contributed by atoms with Crippen LogP contribution in [0.25, 0.3) is 5.65 Å². The number of rotatable bonds is 1. The first kappa shape index (κ1) is 10.1. The van der Waals surface area contributed by atoms with Gasteiger partial charge in [0.2, 0.25) is 0 Å². The molecule has 1 aliphatic carbocycles. The SMILES string of the molecule is Clc1nn2ccnc2cc1C1CCCCC1. The lowest BCUT2D eigenvalue weighted by Gasteiger charge is -2.22. The second-order valence-corrected chi connectivity index (χ2v) is 4.81. The molecule has 0 N–H and O–H groups in total. The average molecular weight is 236 g/mol. The zero-order chi connectivity index (χ0) is 11.0. The van der Waals surface area contributed by atoms with Crippen molar-refractivity contribution in [1.82, 2.24) is 14.6 Å². The molecule has 1 fully saturated rings. The lowest BCUT2D eigenvalue weighted by atomic mass is 9.85. The first-order valence-corrected chi connectivity index (χ1v) is 6.22. The Kier molecular flexibility index (Phi) is 2.56. The van der Waals surface area contributed by atoms with Crippen LogP contribution >= 0.6 is 11.6 Å². The van der Waals surface area contributed by atoms with E-state index < -0.39 is 0 Å². The minimum absolute atomic E-state index is 0.579. The number of fused-ring (bicyclic) bond motifs is 1. The van der Waals surface area contributed by atoms with Crippen LogP contribution in [0.1, 0.15) is 43.6 Å². The molecule has 3 nitrogen and oxygen atoms in total. The van der Waals surface area contributed by atoms with Gasteiger partial charge in [-0.25, -0.2) is 9.50 Å². The summed E-state index contributed by atoms with van der Waals surface area (Å²) in [7, 11) is 0. The van der Waals surface area contributed by atoms with Crippen LogP contribution in [0.5, 0.6) is 0 Å². The highest BCUT2D eigenvalue weighted by Gasteiger charge is 2.19. The average Bonchev–Trinajstić information content (AvgIpc) is 2.76. The van der Waals surface area contributed by atoms with Crippen molar-refractivity contribution < 1.29 is 0 Å². The van der Waals surface area contributed by atoms with Crippen LogP contribution in [-0.4, -0.2) is 14.6 Å². The summed E-state index contributed by atoms with van der Waals surface area (Å²) in [6.07, 6.45) is 10.0. The Balaban J connectivity index is 2.03. The van der Waals surface area contributed by atoms with Gasteiger partial charge in [0.25, 0.3) is 0 Å². The zero-order valence-electron chi connectivity index (χ0n) is 9.06. The third-order valence-electron chi connectivity index (χ3n) is 3.41. The van der Waals surface area contributed by atoms with Crippen molar-refractivity contribution >= 4 is 17.2 Å². The maximum absolute atomic E-state index is 6.23. The van der Waals surface area contributed by atoms with Gasteiger partial charge >= 0.3 is 0 Å². The summed E-state index contributed by atoms with van der Waals surface area (Å²) in [5.74, 6) is 0.579. The Labute approximate surface area is 99.4 Å². The fourth-order valence-electron chi connectivity index (χ4n) is 2.55. The lowest BCUT2D eigenvalue weighted by Crippen LogP contribution is -2.07. The highest BCUT2D eigenvalue weighted by molar-refractivity contribution is 6.30. The molecule has 0 aliphatic heterocycles. The van der Waals surface area contributed by atoms with Crippen LogP contribution in [-0.2, 0) is 0 Å². The van der Waals surface area contributed by atoms with E-state index >= 15 is 0 Å². The number of halogens is 1. The van der Waals surface area contributed by atoms with Crippen LogP contribution in [0, 0.1) is 0 Å². The Hall–Kier alpha value is -1.09. The Morgan fingerprint density at radius 3 is 2.88 bits per heavy atom. The summed E-state index contributed by atoms with van der Waals surface area (Å²) in [5.41, 5.74) is 2.07. The van der Waals surface area contributed by atoms with Crippen molar-refractivity contribution in [3.63, 3.8) is 0 Å². The molecule has 2 aromatic rings. The number of imidazole rings is 1. The third kappa shape index (κ3) is 1.69. The van der Waals surface area contributed by atoms with Gasteiger partial charge in [-0.1, -0.05) is 30.9 Å². The summed E-state index contributed by atoms with van der Waals surface area (Å²) in [5, 5.41) is 4.97. The highest BCUT2D eigenvalue weighted by atomic mass is 35.5. The summed E-state index contributed by atoms with van der Waals surface area (Å²) < 4.78 is 1.73. The maximum atomic E-state index is 6.23. The molecule has 4 heteroatoms. The molecule has 0 spiro atoms. The van der Waals surface area contributed by atoms with Gasteiger partial charge in [-0.3, -0.25) is 0 Å². The van der Waals surface area contributed by atoms with Crippen molar-refractivity contribution in [1.29, 1.82) is 0 Å². The van der Waals surface area contributed by atoms with Gasteiger partial charge in [0.05, 0.1) is 0 Å². The first-order chi connectivity index (χ1) is 7.84. The molecule has 1 aliphatic rings. The van der Waals surface area contributed by atoms with E-state index in [0.29, 0.717) is 11.1 Å². The minimum atomic E-state index is 0.579. The van der Waals surface area contributed by atoms with E-state index in [2.05, 4.69) is 16.1 Å². The van der Waals surface area contributed by atoms with Crippen LogP contribution in [0.3, 0.4) is 0 Å². The smallest absolute Gasteiger partial charge is 0.153 e. The molecule has 2 aromatic heterocycles. The van der Waals surface area contributed by atoms with Gasteiger partial charge in [0.15, 0.2) is 10.8 Å². The molecular formula is C12H14ClN3. The zero-order valence-corrected chi connectivity index (χ0v) is 9.82. The molecule has 2 heterocycles. The quantitative estimate of drug-likeness (QED) is 0.758. The fourth-order valence-corrected chi connectivity index (χ4v) is 2.84. The standard InChI is InChI=1S/C12H14ClN3/c13-12-10(9-4-2-1-3-5-9)8-11-14-6-7-16(11)15-12/h6-9H,1-5H2. The molecule has 0 bridgehead atoms. The van der Waals surface area contributed by atoms with Crippen LogP contribution in [0.4, 0.5) is 0 Å². The van der Waals surface area contributed by atoms with Crippen molar-refractivity contribution in [2.24, 2.45) is 0 Å². The topological polar surface area (TPSA) is 30.2 Å². The van der Waals surface area contributed by atoms with Gasteiger partial charge in [0, 0.05) is 12.4 Å². The van der Waals surface area contributed by atoms with Gasteiger partial charge in [-0.2, -0.15) is 5.10 Å². The largest absolute Gasteiger partial charge is 0.236 e. The summed E-state index contributed by atoms with van der Waals surface area (Å²) >= 11 is 6.23. The van der Waals surface area contributed by atoms with Crippen LogP contribution in [0.2, 0.25) is 5.15 Å². The molecule has 0 unspecified atom stereocenters. The minimum Gasteiger partial charge on any atom is -0.236 e. The third-order valence-corrected chi connectivity index (χ3v) is 3.71. The predicted molar refractivity (Wildman–Crippen MR) is 63.8 cm³/mol. The fraction of sp³-hybridized carbons (Fsp3) is 0.500.